The Morgan fingerprint density at radius 1 is 1.33 bits per heavy atom. The second-order valence-corrected chi connectivity index (χ2v) is 4.84. The summed E-state index contributed by atoms with van der Waals surface area (Å²) in [5.41, 5.74) is -0.158. The van der Waals surface area contributed by atoms with E-state index in [0.717, 1.165) is 12.1 Å². The van der Waals surface area contributed by atoms with Crippen LogP contribution in [0.1, 0.15) is 16.2 Å². The van der Waals surface area contributed by atoms with Crippen molar-refractivity contribution in [2.75, 3.05) is 14.1 Å². The van der Waals surface area contributed by atoms with E-state index in [1.54, 1.807) is 32.2 Å². The topological polar surface area (TPSA) is 38.1 Å². The number of rotatable bonds is 3. The van der Waals surface area contributed by atoms with Gasteiger partial charge in [0.15, 0.2) is 5.82 Å². The molecule has 0 saturated carbocycles. The Labute approximate surface area is 119 Å². The molecule has 0 saturated heterocycles. The third-order valence-electron chi connectivity index (χ3n) is 2.95. The molecule has 7 heteroatoms. The standard InChI is InChI=1S/C14H14F3N3O/c1-19(2)7-6-12(21)13-18-10-8-9(14(15,16)17)4-5-11(10)20(13)3/h4-8H,1-3H3/b7-6+. The van der Waals surface area contributed by atoms with Gasteiger partial charge in [-0.1, -0.05) is 0 Å². The van der Waals surface area contributed by atoms with Gasteiger partial charge in [-0.25, -0.2) is 4.98 Å². The molecule has 112 valence electrons. The van der Waals surface area contributed by atoms with Gasteiger partial charge in [-0.05, 0) is 18.2 Å². The first-order chi connectivity index (χ1) is 9.70. The van der Waals surface area contributed by atoms with E-state index < -0.39 is 11.7 Å². The van der Waals surface area contributed by atoms with Gasteiger partial charge in [0, 0.05) is 33.4 Å². The van der Waals surface area contributed by atoms with E-state index in [1.807, 2.05) is 0 Å². The number of benzene rings is 1. The van der Waals surface area contributed by atoms with E-state index in [1.165, 1.54) is 16.7 Å². The maximum Gasteiger partial charge on any atom is 0.416 e. The third kappa shape index (κ3) is 3.07. The molecule has 0 radical (unpaired) electrons. The van der Waals surface area contributed by atoms with Crippen molar-refractivity contribution in [2.24, 2.45) is 7.05 Å². The second kappa shape index (κ2) is 5.23. The van der Waals surface area contributed by atoms with Crippen molar-refractivity contribution in [3.8, 4) is 0 Å². The second-order valence-electron chi connectivity index (χ2n) is 4.84. The minimum Gasteiger partial charge on any atom is -0.383 e. The van der Waals surface area contributed by atoms with Crippen molar-refractivity contribution >= 4 is 16.8 Å². The lowest BCUT2D eigenvalue weighted by atomic mass is 10.2. The van der Waals surface area contributed by atoms with Crippen molar-refractivity contribution < 1.29 is 18.0 Å². The fourth-order valence-electron chi connectivity index (χ4n) is 1.89. The summed E-state index contributed by atoms with van der Waals surface area (Å²) >= 11 is 0. The summed E-state index contributed by atoms with van der Waals surface area (Å²) in [5, 5.41) is 0. The maximum absolute atomic E-state index is 12.7. The van der Waals surface area contributed by atoms with E-state index in [2.05, 4.69) is 4.98 Å². The summed E-state index contributed by atoms with van der Waals surface area (Å²) in [6.07, 6.45) is -1.55. The summed E-state index contributed by atoms with van der Waals surface area (Å²) in [6.45, 7) is 0. The highest BCUT2D eigenvalue weighted by Gasteiger charge is 2.31. The fourth-order valence-corrected chi connectivity index (χ4v) is 1.89. The summed E-state index contributed by atoms with van der Waals surface area (Å²) in [6, 6.07) is 3.24. The summed E-state index contributed by atoms with van der Waals surface area (Å²) < 4.78 is 39.5. The minimum atomic E-state index is -4.43. The van der Waals surface area contributed by atoms with Crippen LogP contribution < -0.4 is 0 Å². The van der Waals surface area contributed by atoms with Gasteiger partial charge in [0.05, 0.1) is 16.6 Å². The van der Waals surface area contributed by atoms with Gasteiger partial charge >= 0.3 is 6.18 Å². The van der Waals surface area contributed by atoms with Crippen molar-refractivity contribution in [3.63, 3.8) is 0 Å². The smallest absolute Gasteiger partial charge is 0.383 e. The van der Waals surface area contributed by atoms with E-state index in [-0.39, 0.29) is 17.1 Å². The Bertz CT molecular complexity index is 714. The first kappa shape index (κ1) is 15.1. The molecular formula is C14H14F3N3O. The molecule has 0 spiro atoms. The van der Waals surface area contributed by atoms with Crippen molar-refractivity contribution in [2.45, 2.75) is 6.18 Å². The normalized spacial score (nSPS) is 12.3. The molecule has 0 aliphatic carbocycles. The monoisotopic (exact) mass is 297 g/mol. The molecule has 1 heterocycles. The molecule has 21 heavy (non-hydrogen) atoms. The molecule has 0 atom stereocenters. The van der Waals surface area contributed by atoms with Crippen LogP contribution in [0.25, 0.3) is 11.0 Å². The number of halogens is 3. The Hall–Kier alpha value is -2.31. The molecular weight excluding hydrogens is 283 g/mol. The van der Waals surface area contributed by atoms with E-state index in [4.69, 9.17) is 0 Å². The predicted octanol–water partition coefficient (Wildman–Crippen LogP) is 2.85. The van der Waals surface area contributed by atoms with Crippen LogP contribution in [-0.4, -0.2) is 34.3 Å². The lowest BCUT2D eigenvalue weighted by Crippen LogP contribution is -2.07. The van der Waals surface area contributed by atoms with Crippen LogP contribution in [0.4, 0.5) is 13.2 Å². The molecule has 1 aromatic heterocycles. The predicted molar refractivity (Wildman–Crippen MR) is 72.9 cm³/mol. The molecule has 0 bridgehead atoms. The van der Waals surface area contributed by atoms with Crippen LogP contribution in [0, 0.1) is 0 Å². The zero-order valence-electron chi connectivity index (χ0n) is 11.8. The fraction of sp³-hybridized carbons (Fsp3) is 0.286. The highest BCUT2D eigenvalue weighted by molar-refractivity contribution is 6.03. The average molecular weight is 297 g/mol. The molecule has 0 fully saturated rings. The maximum atomic E-state index is 12.7. The number of aryl methyl sites for hydroxylation is 1. The molecule has 0 aliphatic heterocycles. The Morgan fingerprint density at radius 2 is 2.00 bits per heavy atom. The number of hydrogen-bond donors (Lipinski definition) is 0. The van der Waals surface area contributed by atoms with Crippen molar-refractivity contribution in [3.05, 3.63) is 41.9 Å². The number of ketones is 1. The van der Waals surface area contributed by atoms with Crippen molar-refractivity contribution in [1.82, 2.24) is 14.5 Å². The average Bonchev–Trinajstić information content (AvgIpc) is 2.72. The number of hydrogen-bond acceptors (Lipinski definition) is 3. The summed E-state index contributed by atoms with van der Waals surface area (Å²) in [5.74, 6) is -0.265. The van der Waals surface area contributed by atoms with Crippen LogP contribution in [0.2, 0.25) is 0 Å². The van der Waals surface area contributed by atoms with Crippen LogP contribution >= 0.6 is 0 Å². The van der Waals surface area contributed by atoms with Crippen LogP contribution in [0.15, 0.2) is 30.5 Å². The van der Waals surface area contributed by atoms with E-state index in [0.29, 0.717) is 5.52 Å². The Morgan fingerprint density at radius 3 is 2.57 bits per heavy atom. The number of carbonyl (C=O) groups excluding carboxylic acids is 1. The molecule has 0 unspecified atom stereocenters. The molecule has 2 aromatic rings. The molecule has 2 rings (SSSR count). The number of allylic oxidation sites excluding steroid dienone is 1. The Balaban J connectivity index is 2.48. The van der Waals surface area contributed by atoms with Gasteiger partial charge in [-0.15, -0.1) is 0 Å². The van der Waals surface area contributed by atoms with Crippen LogP contribution in [-0.2, 0) is 13.2 Å². The van der Waals surface area contributed by atoms with Gasteiger partial charge in [-0.2, -0.15) is 13.2 Å². The molecule has 0 aliphatic rings. The van der Waals surface area contributed by atoms with E-state index >= 15 is 0 Å². The SMILES string of the molecule is CN(C)/C=C/C(=O)c1nc2cc(C(F)(F)F)ccc2n1C. The van der Waals surface area contributed by atoms with Gasteiger partial charge < -0.3 is 9.47 Å². The lowest BCUT2D eigenvalue weighted by molar-refractivity contribution is -0.137. The van der Waals surface area contributed by atoms with E-state index in [9.17, 15) is 18.0 Å². The minimum absolute atomic E-state index is 0.0995. The zero-order chi connectivity index (χ0) is 15.8. The number of aromatic nitrogens is 2. The molecule has 0 N–H and O–H groups in total. The zero-order valence-corrected chi connectivity index (χ0v) is 11.8. The third-order valence-corrected chi connectivity index (χ3v) is 2.95. The Kier molecular flexibility index (Phi) is 3.76. The number of fused-ring (bicyclic) bond motifs is 1. The number of nitrogens with zero attached hydrogens (tertiary/aromatic N) is 3. The first-order valence-corrected chi connectivity index (χ1v) is 6.13. The quantitative estimate of drug-likeness (QED) is 0.646. The summed E-state index contributed by atoms with van der Waals surface area (Å²) in [7, 11) is 5.11. The largest absolute Gasteiger partial charge is 0.416 e. The first-order valence-electron chi connectivity index (χ1n) is 6.13. The number of carbonyl (C=O) groups is 1. The molecule has 0 amide bonds. The van der Waals surface area contributed by atoms with Gasteiger partial charge in [0.2, 0.25) is 5.78 Å². The van der Waals surface area contributed by atoms with Crippen molar-refractivity contribution in [1.29, 1.82) is 0 Å². The number of imidazole rings is 1. The summed E-state index contributed by atoms with van der Waals surface area (Å²) in [4.78, 5) is 17.7. The highest BCUT2D eigenvalue weighted by atomic mass is 19.4. The molecule has 1 aromatic carbocycles. The van der Waals surface area contributed by atoms with Gasteiger partial charge in [0.25, 0.3) is 0 Å². The highest BCUT2D eigenvalue weighted by Crippen LogP contribution is 2.31. The van der Waals surface area contributed by atoms with Gasteiger partial charge in [0.1, 0.15) is 0 Å². The number of alkyl halides is 3. The van der Waals surface area contributed by atoms with Crippen LogP contribution in [0.3, 0.4) is 0 Å². The lowest BCUT2D eigenvalue weighted by Gasteiger charge is -2.05. The van der Waals surface area contributed by atoms with Crippen LogP contribution in [0.5, 0.6) is 0 Å². The molecule has 4 nitrogen and oxygen atoms in total. The van der Waals surface area contributed by atoms with Gasteiger partial charge in [-0.3, -0.25) is 4.79 Å².